The molecule has 0 unspecified atom stereocenters. The zero-order valence-corrected chi connectivity index (χ0v) is 18.8. The number of aromatic nitrogens is 3. The smallest absolute Gasteiger partial charge is 0.230 e. The number of ether oxygens (including phenoxy) is 1. The van der Waals surface area contributed by atoms with Crippen LogP contribution in [-0.2, 0) is 22.4 Å². The quantitative estimate of drug-likeness (QED) is 0.253. The Bertz CT molecular complexity index is 1390. The number of hydrogen-bond acceptors (Lipinski definition) is 6. The lowest BCUT2D eigenvalue weighted by Crippen LogP contribution is -2.28. The Kier molecular flexibility index (Phi) is 5.79. The van der Waals surface area contributed by atoms with Crippen molar-refractivity contribution in [1.29, 1.82) is 0 Å². The molecule has 2 aromatic carbocycles. The number of nitrogens with zero attached hydrogens (tertiary/aromatic N) is 3. The fourth-order valence-electron chi connectivity index (χ4n) is 3.93. The molecular formula is C26H19ClFN3O3. The minimum Gasteiger partial charge on any atom is -0.438 e. The highest BCUT2D eigenvalue weighted by molar-refractivity contribution is 6.30. The van der Waals surface area contributed by atoms with Crippen LogP contribution in [0.5, 0.6) is 11.6 Å². The highest BCUT2D eigenvalue weighted by Gasteiger charge is 2.54. The SMILES string of the molecule is O=C(Cc1ccc(F)cc1)C1(C(=O)Cc2ccc(Oc3ncnc4cnc(Cl)cc34)cc2)CC1. The van der Waals surface area contributed by atoms with E-state index in [4.69, 9.17) is 16.3 Å². The maximum Gasteiger partial charge on any atom is 0.230 e. The Morgan fingerprint density at radius 3 is 2.15 bits per heavy atom. The molecule has 1 fully saturated rings. The van der Waals surface area contributed by atoms with Gasteiger partial charge in [-0.15, -0.1) is 0 Å². The van der Waals surface area contributed by atoms with Gasteiger partial charge < -0.3 is 4.74 Å². The molecule has 2 heterocycles. The van der Waals surface area contributed by atoms with Crippen LogP contribution in [0.1, 0.15) is 24.0 Å². The molecule has 4 aromatic rings. The first-order valence-corrected chi connectivity index (χ1v) is 11.1. The lowest BCUT2D eigenvalue weighted by molar-refractivity contribution is -0.133. The molecular weight excluding hydrogens is 457 g/mol. The van der Waals surface area contributed by atoms with Gasteiger partial charge in [-0.05, 0) is 54.3 Å². The van der Waals surface area contributed by atoms with Gasteiger partial charge in [0.05, 0.1) is 22.5 Å². The molecule has 0 aliphatic heterocycles. The van der Waals surface area contributed by atoms with Crippen molar-refractivity contribution in [3.8, 4) is 11.6 Å². The van der Waals surface area contributed by atoms with Crippen molar-refractivity contribution in [2.75, 3.05) is 0 Å². The van der Waals surface area contributed by atoms with Crippen LogP contribution in [0.25, 0.3) is 10.9 Å². The predicted octanol–water partition coefficient (Wildman–Crippen LogP) is 5.31. The third kappa shape index (κ3) is 4.52. The van der Waals surface area contributed by atoms with Crippen molar-refractivity contribution < 1.29 is 18.7 Å². The summed E-state index contributed by atoms with van der Waals surface area (Å²) in [6.07, 6.45) is 4.35. The van der Waals surface area contributed by atoms with Crippen molar-refractivity contribution in [2.45, 2.75) is 25.7 Å². The number of Topliss-reactive ketones (excluding diaryl/α,β-unsaturated/α-hetero) is 2. The van der Waals surface area contributed by atoms with E-state index in [0.29, 0.717) is 46.1 Å². The van der Waals surface area contributed by atoms with Crippen LogP contribution in [0.3, 0.4) is 0 Å². The van der Waals surface area contributed by atoms with E-state index < -0.39 is 5.41 Å². The van der Waals surface area contributed by atoms with Crippen molar-refractivity contribution in [3.63, 3.8) is 0 Å². The summed E-state index contributed by atoms with van der Waals surface area (Å²) in [5.74, 6) is 0.346. The van der Waals surface area contributed by atoms with Gasteiger partial charge in [-0.3, -0.25) is 9.59 Å². The van der Waals surface area contributed by atoms with Crippen LogP contribution < -0.4 is 4.74 Å². The van der Waals surface area contributed by atoms with Gasteiger partial charge in [0, 0.05) is 12.8 Å². The molecule has 0 radical (unpaired) electrons. The molecule has 1 aliphatic carbocycles. The average Bonchev–Trinajstić information content (AvgIpc) is 3.65. The molecule has 170 valence electrons. The summed E-state index contributed by atoms with van der Waals surface area (Å²) < 4.78 is 19.0. The summed E-state index contributed by atoms with van der Waals surface area (Å²) in [4.78, 5) is 38.2. The molecule has 0 N–H and O–H groups in total. The van der Waals surface area contributed by atoms with Crippen LogP contribution in [-0.4, -0.2) is 26.5 Å². The summed E-state index contributed by atoms with van der Waals surface area (Å²) >= 11 is 5.99. The third-order valence-corrected chi connectivity index (χ3v) is 6.26. The van der Waals surface area contributed by atoms with E-state index in [0.717, 1.165) is 5.56 Å². The Hall–Kier alpha value is -3.71. The molecule has 5 rings (SSSR count). The maximum absolute atomic E-state index is 13.1. The monoisotopic (exact) mass is 475 g/mol. The highest BCUT2D eigenvalue weighted by Crippen LogP contribution is 2.48. The van der Waals surface area contributed by atoms with Crippen LogP contribution in [0.2, 0.25) is 5.15 Å². The normalized spacial score (nSPS) is 14.1. The van der Waals surface area contributed by atoms with Crippen molar-refractivity contribution >= 4 is 34.1 Å². The van der Waals surface area contributed by atoms with E-state index in [9.17, 15) is 14.0 Å². The number of halogens is 2. The minimum atomic E-state index is -0.920. The number of carbonyl (C=O) groups excluding carboxylic acids is 2. The second kappa shape index (κ2) is 8.91. The Morgan fingerprint density at radius 2 is 1.53 bits per heavy atom. The second-order valence-corrected chi connectivity index (χ2v) is 8.74. The molecule has 0 saturated heterocycles. The summed E-state index contributed by atoms with van der Waals surface area (Å²) in [6, 6.07) is 14.5. The first-order valence-electron chi connectivity index (χ1n) is 10.8. The predicted molar refractivity (Wildman–Crippen MR) is 124 cm³/mol. The van der Waals surface area contributed by atoms with Gasteiger partial charge in [0.1, 0.15) is 23.0 Å². The molecule has 1 aliphatic rings. The van der Waals surface area contributed by atoms with Gasteiger partial charge >= 0.3 is 0 Å². The van der Waals surface area contributed by atoms with Gasteiger partial charge in [-0.2, -0.15) is 0 Å². The van der Waals surface area contributed by atoms with Crippen molar-refractivity contribution in [3.05, 3.63) is 89.2 Å². The van der Waals surface area contributed by atoms with Crippen molar-refractivity contribution in [2.24, 2.45) is 5.41 Å². The molecule has 2 aromatic heterocycles. The second-order valence-electron chi connectivity index (χ2n) is 8.36. The fraction of sp³-hybridized carbons (Fsp3) is 0.192. The zero-order valence-electron chi connectivity index (χ0n) is 18.0. The third-order valence-electron chi connectivity index (χ3n) is 6.05. The Balaban J connectivity index is 1.25. The van der Waals surface area contributed by atoms with E-state index in [2.05, 4.69) is 15.0 Å². The van der Waals surface area contributed by atoms with Crippen LogP contribution >= 0.6 is 11.6 Å². The number of carbonyl (C=O) groups is 2. The molecule has 0 atom stereocenters. The number of benzene rings is 2. The maximum atomic E-state index is 13.1. The van der Waals surface area contributed by atoms with E-state index >= 15 is 0 Å². The average molecular weight is 476 g/mol. The van der Waals surface area contributed by atoms with Crippen LogP contribution in [0.15, 0.2) is 67.1 Å². The lowest BCUT2D eigenvalue weighted by atomic mass is 9.88. The van der Waals surface area contributed by atoms with Crippen LogP contribution in [0, 0.1) is 11.2 Å². The number of hydrogen-bond donors (Lipinski definition) is 0. The zero-order chi connectivity index (χ0) is 23.7. The largest absolute Gasteiger partial charge is 0.438 e. The van der Waals surface area contributed by atoms with Gasteiger partial charge in [0.15, 0.2) is 11.6 Å². The summed E-state index contributed by atoms with van der Waals surface area (Å²) in [7, 11) is 0. The van der Waals surface area contributed by atoms with Gasteiger partial charge in [0.2, 0.25) is 5.88 Å². The molecule has 0 spiro atoms. The number of fused-ring (bicyclic) bond motifs is 1. The highest BCUT2D eigenvalue weighted by atomic mass is 35.5. The van der Waals surface area contributed by atoms with E-state index in [1.165, 1.54) is 18.5 Å². The number of rotatable bonds is 8. The number of pyridine rings is 1. The lowest BCUT2D eigenvalue weighted by Gasteiger charge is -2.13. The van der Waals surface area contributed by atoms with Crippen molar-refractivity contribution in [1.82, 2.24) is 15.0 Å². The molecule has 34 heavy (non-hydrogen) atoms. The van der Waals surface area contributed by atoms with Gasteiger partial charge in [-0.25, -0.2) is 19.3 Å². The standard InChI is InChI=1S/C26H19ClFN3O3/c27-24-13-20-21(14-29-24)30-15-31-25(20)34-19-7-3-17(4-8-19)12-23(33)26(9-10-26)22(32)11-16-1-5-18(28)6-2-16/h1-8,13-15H,9-12H2. The molecule has 8 heteroatoms. The summed E-state index contributed by atoms with van der Waals surface area (Å²) in [5, 5.41) is 0.945. The summed E-state index contributed by atoms with van der Waals surface area (Å²) in [5.41, 5.74) is 1.19. The molecule has 0 amide bonds. The molecule has 1 saturated carbocycles. The first-order chi connectivity index (χ1) is 16.4. The number of ketones is 2. The van der Waals surface area contributed by atoms with E-state index in [1.54, 1.807) is 48.7 Å². The van der Waals surface area contributed by atoms with E-state index in [1.807, 2.05) is 0 Å². The summed E-state index contributed by atoms with van der Waals surface area (Å²) in [6.45, 7) is 0. The molecule has 0 bridgehead atoms. The van der Waals surface area contributed by atoms with E-state index in [-0.39, 0.29) is 30.2 Å². The van der Waals surface area contributed by atoms with Gasteiger partial charge in [0.25, 0.3) is 0 Å². The fourth-order valence-corrected chi connectivity index (χ4v) is 4.09. The topological polar surface area (TPSA) is 82.0 Å². The van der Waals surface area contributed by atoms with Crippen LogP contribution in [0.4, 0.5) is 4.39 Å². The first kappa shape index (κ1) is 22.1. The Morgan fingerprint density at radius 1 is 0.912 bits per heavy atom. The van der Waals surface area contributed by atoms with Gasteiger partial charge in [-0.1, -0.05) is 35.9 Å². The Labute approximate surface area is 199 Å². The minimum absolute atomic E-state index is 0.0859. The molecule has 6 nitrogen and oxygen atoms in total.